The van der Waals surface area contributed by atoms with Crippen molar-refractivity contribution in [1.82, 2.24) is 0 Å². The van der Waals surface area contributed by atoms with Gasteiger partial charge in [0.2, 0.25) is 0 Å². The van der Waals surface area contributed by atoms with Gasteiger partial charge in [0.1, 0.15) is 0 Å². The summed E-state index contributed by atoms with van der Waals surface area (Å²) in [5.41, 5.74) is 0. The maximum atomic E-state index is 10.1. The molecule has 0 aliphatic rings. The molecule has 0 nitrogen and oxygen atoms in total. The highest BCUT2D eigenvalue weighted by Gasteiger charge is 1.52. The first kappa shape index (κ1) is 16.1. The van der Waals surface area contributed by atoms with E-state index in [9.17, 15) is 4.32 Å². The Morgan fingerprint density at radius 3 is 1.56 bits per heavy atom. The molecule has 0 amide bonds. The second-order valence-corrected chi connectivity index (χ2v) is 0.378. The third-order valence-electron chi connectivity index (χ3n) is 0. The van der Waals surface area contributed by atoms with Crippen molar-refractivity contribution < 1.29 is 17.9 Å². The minimum Gasteiger partial charge on any atom is -0.336 e. The molecule has 0 aromatic rings. The van der Waals surface area contributed by atoms with Crippen molar-refractivity contribution in [3.05, 3.63) is 13.2 Å². The Morgan fingerprint density at radius 1 is 1.56 bits per heavy atom. The maximum Gasteiger partial charge on any atom is 0.379 e. The highest BCUT2D eigenvalue weighted by molar-refractivity contribution is 7.54. The molecule has 0 bridgehead atoms. The first-order valence-corrected chi connectivity index (χ1v) is 2.19. The Balaban J connectivity index is -0.00000000933. The zero-order valence-electron chi connectivity index (χ0n) is 6.86. The summed E-state index contributed by atoms with van der Waals surface area (Å²) in [5.74, 6) is 0. The molecular formula is C2H10B3F3P. The highest BCUT2D eigenvalue weighted by Crippen LogP contribution is 1.67. The molecule has 0 saturated heterocycles. The lowest BCUT2D eigenvalue weighted by atomic mass is 9.81. The van der Waals surface area contributed by atoms with Gasteiger partial charge in [0, 0.05) is 29.0 Å². The van der Waals surface area contributed by atoms with Crippen LogP contribution in [0.25, 0.3) is 0 Å². The molecule has 0 aromatic carbocycles. The van der Waals surface area contributed by atoms with E-state index in [1.54, 1.807) is 9.12 Å². The minimum absolute atomic E-state index is 0. The largest absolute Gasteiger partial charge is 0.379 e. The molecule has 1 atom stereocenters. The number of halogens is 3. The Kier molecular flexibility index (Phi) is 559. The summed E-state index contributed by atoms with van der Waals surface area (Å²) in [7, 11) is 10.2. The van der Waals surface area contributed by atoms with E-state index in [1.165, 1.54) is 0 Å². The molecule has 0 fully saturated rings. The summed E-state index contributed by atoms with van der Waals surface area (Å²) in [6.45, 7) is 6.00. The van der Waals surface area contributed by atoms with Gasteiger partial charge in [-0.2, -0.15) is 0 Å². The standard InChI is InChI=1S/C2H4.B2.BFH2P.F2.2H2/c2*1-2;2-1-3;1-2;;/h1-2H2;;3H2;;2*1H/i;;;;1+1D;. The minimum atomic E-state index is 0. The third-order valence-corrected chi connectivity index (χ3v) is 0. The van der Waals surface area contributed by atoms with E-state index >= 15 is 0 Å². The first-order valence-electron chi connectivity index (χ1n) is 2.53. The average Bonchev–Trinajstić information content (AvgIpc) is 2.18. The molecule has 0 aliphatic carbocycles. The first-order chi connectivity index (χ1) is 5.41. The lowest BCUT2D eigenvalue weighted by Gasteiger charge is -1.38. The van der Waals surface area contributed by atoms with Gasteiger partial charge >= 0.3 is 7.28 Å². The molecular weight excluding hydrogens is 144 g/mol. The van der Waals surface area contributed by atoms with E-state index in [2.05, 4.69) is 28.6 Å². The Bertz CT molecular complexity index is 30.8. The molecule has 0 heterocycles. The van der Waals surface area contributed by atoms with Crippen molar-refractivity contribution in [2.45, 2.75) is 0 Å². The van der Waals surface area contributed by atoms with Crippen molar-refractivity contribution in [2.75, 3.05) is 0 Å². The Morgan fingerprint density at radius 2 is 1.56 bits per heavy atom. The fourth-order valence-corrected chi connectivity index (χ4v) is 0. The van der Waals surface area contributed by atoms with Crippen molar-refractivity contribution in [1.29, 1.82) is 0 Å². The van der Waals surface area contributed by atoms with Gasteiger partial charge in [-0.05, 0) is 0 Å². The summed E-state index contributed by atoms with van der Waals surface area (Å²) in [5, 5.41) is 0. The van der Waals surface area contributed by atoms with Gasteiger partial charge in [-0.25, -0.2) is 0 Å². The van der Waals surface area contributed by atoms with Gasteiger partial charge in [0.25, 0.3) is 0 Å². The van der Waals surface area contributed by atoms with E-state index in [4.69, 9.17) is 12.1 Å². The third kappa shape index (κ3) is 12900. The predicted octanol–water partition coefficient (Wildman–Crippen LogP) is 1.74. The van der Waals surface area contributed by atoms with E-state index in [0.29, 0.717) is 7.28 Å². The highest BCUT2D eigenvalue weighted by atomic mass is 31.0. The van der Waals surface area contributed by atoms with Crippen molar-refractivity contribution >= 4 is 31.9 Å². The lowest BCUT2D eigenvalue weighted by molar-refractivity contribution is 0.108. The van der Waals surface area contributed by atoms with Crippen molar-refractivity contribution in [3.63, 3.8) is 0 Å². The van der Waals surface area contributed by atoms with Gasteiger partial charge in [-0.15, -0.1) is 22.3 Å². The van der Waals surface area contributed by atoms with E-state index in [1.807, 2.05) is 0 Å². The van der Waals surface area contributed by atoms with Crippen molar-refractivity contribution in [2.24, 2.45) is 0 Å². The average molecular weight is 157 g/mol. The van der Waals surface area contributed by atoms with E-state index in [0.717, 1.165) is 0 Å². The monoisotopic (exact) mass is 157 g/mol. The number of hydrogen-bond acceptors (Lipinski definition) is 0. The molecule has 53 valence electrons. The van der Waals surface area contributed by atoms with Gasteiger partial charge < -0.3 is 4.32 Å². The van der Waals surface area contributed by atoms with Crippen LogP contribution in [-0.4, -0.2) is 22.8 Å². The topological polar surface area (TPSA) is 0 Å². The lowest BCUT2D eigenvalue weighted by Crippen LogP contribution is -1.38. The SMILES string of the molecule is C=C.FF.F[B]P.[2H][2H].[B][B].[HH]. The van der Waals surface area contributed by atoms with Crippen LogP contribution in [0, 0.1) is 0 Å². The second kappa shape index (κ2) is 313. The molecule has 0 saturated carbocycles. The van der Waals surface area contributed by atoms with E-state index < -0.39 is 0 Å². The summed E-state index contributed by atoms with van der Waals surface area (Å²) >= 11 is 0. The van der Waals surface area contributed by atoms with Gasteiger partial charge in [0.15, 0.2) is 0 Å². The summed E-state index contributed by atoms with van der Waals surface area (Å²) in [6.07, 6.45) is 0. The quantitative estimate of drug-likeness (QED) is 0.285. The summed E-state index contributed by atoms with van der Waals surface area (Å²) in [4.78, 5) is 0. The van der Waals surface area contributed by atoms with Crippen LogP contribution in [0.2, 0.25) is 0 Å². The van der Waals surface area contributed by atoms with Crippen LogP contribution in [0.3, 0.4) is 0 Å². The normalized spacial score (nSPS) is 4.00. The second-order valence-electron chi connectivity index (χ2n) is 0.126. The van der Waals surface area contributed by atoms with Crippen molar-refractivity contribution in [3.8, 4) is 0 Å². The smallest absolute Gasteiger partial charge is 0.336 e. The predicted molar refractivity (Wildman–Crippen MR) is 45.8 cm³/mol. The molecule has 9 heavy (non-hydrogen) atoms. The molecule has 1 unspecified atom stereocenters. The summed E-state index contributed by atoms with van der Waals surface area (Å²) < 4.78 is 36.1. The molecule has 0 rings (SSSR count). The molecule has 0 aliphatic heterocycles. The molecule has 0 N–H and O–H groups in total. The van der Waals surface area contributed by atoms with Crippen LogP contribution < -0.4 is 0 Å². The molecule has 7 heteroatoms. The van der Waals surface area contributed by atoms with Crippen LogP contribution in [-0.2, 0) is 0 Å². The number of rotatable bonds is 0. The van der Waals surface area contributed by atoms with Crippen LogP contribution in [0.4, 0.5) is 13.5 Å². The number of hydrogen-bond donors (Lipinski definition) is 0. The maximum absolute atomic E-state index is 10.1. The molecule has 5 radical (unpaired) electrons. The van der Waals surface area contributed by atoms with Crippen LogP contribution in [0.1, 0.15) is 4.40 Å². The van der Waals surface area contributed by atoms with Crippen LogP contribution >= 0.6 is 9.12 Å². The van der Waals surface area contributed by atoms with Gasteiger partial charge in [-0.3, -0.25) is 0 Å². The fourth-order valence-electron chi connectivity index (χ4n) is 0. The Labute approximate surface area is 64.0 Å². The van der Waals surface area contributed by atoms with Gasteiger partial charge in [0.05, 0.1) is 0 Å². The van der Waals surface area contributed by atoms with E-state index in [-0.39, 0.29) is 1.43 Å². The van der Waals surface area contributed by atoms with Crippen LogP contribution in [0.15, 0.2) is 13.2 Å². The Hall–Kier alpha value is 0.155. The van der Waals surface area contributed by atoms with Crippen LogP contribution in [0.5, 0.6) is 0 Å². The zero-order chi connectivity index (χ0) is 10.7. The van der Waals surface area contributed by atoms with Gasteiger partial charge in [-0.1, -0.05) is 0 Å². The summed E-state index contributed by atoms with van der Waals surface area (Å²) in [6, 6.07) is 0. The fraction of sp³-hybridized carbons (Fsp3) is 0. The zero-order valence-corrected chi connectivity index (χ0v) is 6.01. The molecule has 0 spiro atoms. The molecule has 0 aromatic heterocycles.